The number of hydrogen-bond donors (Lipinski definition) is 2. The fraction of sp³-hybridized carbons (Fsp3) is 0.304. The van der Waals surface area contributed by atoms with E-state index in [1.54, 1.807) is 24.3 Å². The number of nitrogens with one attached hydrogen (secondary N) is 2. The van der Waals surface area contributed by atoms with Crippen molar-refractivity contribution in [3.05, 3.63) is 69.9 Å². The van der Waals surface area contributed by atoms with Gasteiger partial charge in [-0.2, -0.15) is 0 Å². The van der Waals surface area contributed by atoms with Gasteiger partial charge in [-0.25, -0.2) is 9.59 Å². The van der Waals surface area contributed by atoms with E-state index >= 15 is 0 Å². The van der Waals surface area contributed by atoms with Gasteiger partial charge in [-0.15, -0.1) is 0 Å². The largest absolute Gasteiger partial charge is 0.493 e. The number of amides is 2. The van der Waals surface area contributed by atoms with Gasteiger partial charge in [-0.3, -0.25) is 0 Å². The van der Waals surface area contributed by atoms with Crippen molar-refractivity contribution in [3.8, 4) is 11.5 Å². The summed E-state index contributed by atoms with van der Waals surface area (Å²) in [6, 6.07) is 11.5. The van der Waals surface area contributed by atoms with E-state index in [9.17, 15) is 9.59 Å². The molecule has 2 aromatic carbocycles. The van der Waals surface area contributed by atoms with Crippen LogP contribution in [0.1, 0.15) is 36.9 Å². The number of rotatable bonds is 8. The third-order valence-corrected chi connectivity index (χ3v) is 5.30. The molecule has 2 aromatic rings. The second-order valence-electron chi connectivity index (χ2n) is 6.92. The lowest BCUT2D eigenvalue weighted by Gasteiger charge is -2.30. The number of carbonyl (C=O) groups is 2. The second-order valence-corrected chi connectivity index (χ2v) is 7.33. The van der Waals surface area contributed by atoms with Crippen LogP contribution in [-0.4, -0.2) is 26.2 Å². The maximum Gasteiger partial charge on any atom is 0.337 e. The molecule has 0 aliphatic carbocycles. The van der Waals surface area contributed by atoms with Crippen LogP contribution in [0.5, 0.6) is 11.5 Å². The van der Waals surface area contributed by atoms with Crippen LogP contribution >= 0.6 is 11.6 Å². The lowest BCUT2D eigenvalue weighted by molar-refractivity contribution is -0.136. The van der Waals surface area contributed by atoms with Gasteiger partial charge in [0, 0.05) is 21.8 Å². The summed E-state index contributed by atoms with van der Waals surface area (Å²) in [5.41, 5.74) is 2.24. The van der Waals surface area contributed by atoms with Gasteiger partial charge in [0.15, 0.2) is 11.5 Å². The van der Waals surface area contributed by atoms with Crippen LogP contribution in [0.3, 0.4) is 0 Å². The summed E-state index contributed by atoms with van der Waals surface area (Å²) >= 11 is 6.26. The molecule has 2 N–H and O–H groups in total. The summed E-state index contributed by atoms with van der Waals surface area (Å²) < 4.78 is 16.6. The number of ether oxygens (including phenoxy) is 3. The lowest BCUT2D eigenvalue weighted by atomic mass is 9.93. The highest BCUT2D eigenvalue weighted by atomic mass is 35.5. The Morgan fingerprint density at radius 3 is 2.58 bits per heavy atom. The summed E-state index contributed by atoms with van der Waals surface area (Å²) in [4.78, 5) is 25.1. The Balaban J connectivity index is 2.07. The SMILES string of the molecule is CCCC1=C(C(=O)OC)C(c2cccc(OC)c2OCc2ccccc2Cl)NC(=O)N1. The predicted molar refractivity (Wildman–Crippen MR) is 117 cm³/mol. The van der Waals surface area contributed by atoms with Crippen LogP contribution in [0.2, 0.25) is 5.02 Å². The number of hydrogen-bond acceptors (Lipinski definition) is 5. The molecule has 3 rings (SSSR count). The van der Waals surface area contributed by atoms with Crippen LogP contribution in [-0.2, 0) is 16.1 Å². The molecule has 164 valence electrons. The van der Waals surface area contributed by atoms with E-state index in [-0.39, 0.29) is 6.61 Å². The molecule has 1 aliphatic rings. The predicted octanol–water partition coefficient (Wildman–Crippen LogP) is 4.51. The Morgan fingerprint density at radius 1 is 1.13 bits per heavy atom. The van der Waals surface area contributed by atoms with Crippen molar-refractivity contribution in [2.75, 3.05) is 14.2 Å². The first-order valence-electron chi connectivity index (χ1n) is 9.92. The van der Waals surface area contributed by atoms with Gasteiger partial charge in [-0.1, -0.05) is 55.3 Å². The van der Waals surface area contributed by atoms with Crippen molar-refractivity contribution in [1.29, 1.82) is 0 Å². The van der Waals surface area contributed by atoms with Crippen molar-refractivity contribution in [3.63, 3.8) is 0 Å². The third-order valence-electron chi connectivity index (χ3n) is 4.93. The van der Waals surface area contributed by atoms with E-state index in [0.717, 1.165) is 12.0 Å². The topological polar surface area (TPSA) is 85.9 Å². The number of methoxy groups -OCH3 is 2. The molecule has 1 aliphatic heterocycles. The minimum atomic E-state index is -0.765. The maximum atomic E-state index is 12.7. The quantitative estimate of drug-likeness (QED) is 0.585. The highest BCUT2D eigenvalue weighted by Crippen LogP contribution is 2.40. The van der Waals surface area contributed by atoms with Crippen molar-refractivity contribution in [1.82, 2.24) is 10.6 Å². The molecule has 0 aromatic heterocycles. The van der Waals surface area contributed by atoms with E-state index < -0.39 is 18.0 Å². The molecule has 1 heterocycles. The average molecular weight is 445 g/mol. The van der Waals surface area contributed by atoms with Gasteiger partial charge in [0.1, 0.15) is 6.61 Å². The zero-order valence-electron chi connectivity index (χ0n) is 17.7. The van der Waals surface area contributed by atoms with Crippen molar-refractivity contribution in [2.24, 2.45) is 0 Å². The number of esters is 1. The Kier molecular flexibility index (Phi) is 7.41. The maximum absolute atomic E-state index is 12.7. The zero-order valence-corrected chi connectivity index (χ0v) is 18.4. The van der Waals surface area contributed by atoms with Crippen molar-refractivity contribution in [2.45, 2.75) is 32.4 Å². The van der Waals surface area contributed by atoms with Crippen molar-refractivity contribution >= 4 is 23.6 Å². The first-order chi connectivity index (χ1) is 15.0. The van der Waals surface area contributed by atoms with Crippen LogP contribution in [0.4, 0.5) is 4.79 Å². The summed E-state index contributed by atoms with van der Waals surface area (Å²) in [7, 11) is 2.84. The number of carbonyl (C=O) groups excluding carboxylic acids is 2. The fourth-order valence-corrected chi connectivity index (χ4v) is 3.68. The Morgan fingerprint density at radius 2 is 1.90 bits per heavy atom. The molecule has 0 radical (unpaired) electrons. The Hall–Kier alpha value is -3.19. The van der Waals surface area contributed by atoms with Gasteiger partial charge < -0.3 is 24.8 Å². The highest BCUT2D eigenvalue weighted by Gasteiger charge is 2.35. The van der Waals surface area contributed by atoms with Gasteiger partial charge in [0.25, 0.3) is 0 Å². The normalized spacial score (nSPS) is 15.7. The Bertz CT molecular complexity index is 1010. The summed E-state index contributed by atoms with van der Waals surface area (Å²) in [6.07, 6.45) is 1.27. The van der Waals surface area contributed by atoms with Gasteiger partial charge >= 0.3 is 12.0 Å². The molecule has 0 fully saturated rings. The number of urea groups is 1. The number of halogens is 1. The molecule has 0 saturated heterocycles. The van der Waals surface area contributed by atoms with E-state index in [2.05, 4.69) is 10.6 Å². The van der Waals surface area contributed by atoms with E-state index in [1.165, 1.54) is 14.2 Å². The van der Waals surface area contributed by atoms with E-state index in [1.807, 2.05) is 25.1 Å². The van der Waals surface area contributed by atoms with Crippen LogP contribution in [0, 0.1) is 0 Å². The first-order valence-corrected chi connectivity index (χ1v) is 10.3. The van der Waals surface area contributed by atoms with E-state index in [0.29, 0.717) is 39.8 Å². The molecule has 2 amide bonds. The summed E-state index contributed by atoms with van der Waals surface area (Å²) in [5, 5.41) is 6.13. The molecule has 31 heavy (non-hydrogen) atoms. The molecule has 8 heteroatoms. The molecule has 0 spiro atoms. The van der Waals surface area contributed by atoms with Crippen LogP contribution in [0.15, 0.2) is 53.7 Å². The minimum absolute atomic E-state index is 0.186. The van der Waals surface area contributed by atoms with E-state index in [4.69, 9.17) is 25.8 Å². The highest BCUT2D eigenvalue weighted by molar-refractivity contribution is 6.31. The third kappa shape index (κ3) is 4.94. The number of para-hydroxylation sites is 1. The van der Waals surface area contributed by atoms with Crippen LogP contribution < -0.4 is 20.1 Å². The van der Waals surface area contributed by atoms with Crippen LogP contribution in [0.25, 0.3) is 0 Å². The standard InChI is InChI=1S/C23H25ClN2O5/c1-4-8-17-19(22(27)30-3)20(26-23(28)25-17)15-10-7-12-18(29-2)21(15)31-13-14-9-5-6-11-16(14)24/h5-7,9-12,20H,4,8,13H2,1-3H3,(H2,25,26,28). The molecule has 1 atom stereocenters. The molecule has 0 saturated carbocycles. The molecular weight excluding hydrogens is 420 g/mol. The first kappa shape index (κ1) is 22.5. The summed E-state index contributed by atoms with van der Waals surface area (Å²) in [5.74, 6) is 0.355. The number of allylic oxidation sites excluding steroid dienone is 1. The van der Waals surface area contributed by atoms with Crippen molar-refractivity contribution < 1.29 is 23.8 Å². The Labute approximate surface area is 186 Å². The second kappa shape index (κ2) is 10.2. The van der Waals surface area contributed by atoms with Gasteiger partial charge in [0.05, 0.1) is 25.8 Å². The molecule has 1 unspecified atom stereocenters. The zero-order chi connectivity index (χ0) is 22.4. The number of benzene rings is 2. The molecule has 0 bridgehead atoms. The summed E-state index contributed by atoms with van der Waals surface area (Å²) in [6.45, 7) is 2.15. The van der Waals surface area contributed by atoms with Gasteiger partial charge in [0.2, 0.25) is 0 Å². The smallest absolute Gasteiger partial charge is 0.337 e. The fourth-order valence-electron chi connectivity index (χ4n) is 3.49. The lowest BCUT2D eigenvalue weighted by Crippen LogP contribution is -2.46. The average Bonchev–Trinajstić information content (AvgIpc) is 2.77. The minimum Gasteiger partial charge on any atom is -0.493 e. The van der Waals surface area contributed by atoms with Gasteiger partial charge in [-0.05, 0) is 18.6 Å². The monoisotopic (exact) mass is 444 g/mol. The molecule has 7 nitrogen and oxygen atoms in total. The molecular formula is C23H25ClN2O5.